The molecule has 0 saturated heterocycles. The molecule has 1 rings (SSSR count). The Labute approximate surface area is 192 Å². The van der Waals surface area contributed by atoms with Crippen LogP contribution in [-0.2, 0) is 23.9 Å². The smallest absolute Gasteiger partial charge is 0.335 e. The molecular formula is C22H31N3O6S. The Balaban J connectivity index is 3.10. The summed E-state index contributed by atoms with van der Waals surface area (Å²) in [6.45, 7) is 7.15. The van der Waals surface area contributed by atoms with E-state index >= 15 is 0 Å². The largest absolute Gasteiger partial charge is 0.467 e. The third kappa shape index (κ3) is 6.89. The van der Waals surface area contributed by atoms with Crippen LogP contribution in [0.25, 0.3) is 0 Å². The lowest BCUT2D eigenvalue weighted by atomic mass is 9.82. The van der Waals surface area contributed by atoms with Crippen LogP contribution < -0.4 is 16.4 Å². The van der Waals surface area contributed by atoms with Crippen LogP contribution in [0.1, 0.15) is 45.0 Å². The summed E-state index contributed by atoms with van der Waals surface area (Å²) in [6.07, 6.45) is 0. The van der Waals surface area contributed by atoms with Crippen molar-refractivity contribution in [2.24, 2.45) is 11.7 Å². The van der Waals surface area contributed by atoms with E-state index < -0.39 is 46.4 Å². The van der Waals surface area contributed by atoms with E-state index in [1.165, 1.54) is 20.8 Å². The molecule has 1 aromatic carbocycles. The highest BCUT2D eigenvalue weighted by molar-refractivity contribution is 8.14. The second-order valence-electron chi connectivity index (χ2n) is 8.23. The molecule has 0 radical (unpaired) electrons. The number of thioether (sulfide) groups is 1. The number of amides is 2. The van der Waals surface area contributed by atoms with Gasteiger partial charge in [-0.15, -0.1) is 0 Å². The molecule has 0 aromatic heterocycles. The maximum Gasteiger partial charge on any atom is 0.335 e. The van der Waals surface area contributed by atoms with Crippen LogP contribution in [0.5, 0.6) is 0 Å². The number of nitrogens with one attached hydrogen (secondary N) is 2. The van der Waals surface area contributed by atoms with Crippen molar-refractivity contribution in [2.75, 3.05) is 13.7 Å². The number of hydrogen-bond donors (Lipinski definition) is 3. The molecule has 32 heavy (non-hydrogen) atoms. The van der Waals surface area contributed by atoms with Gasteiger partial charge in [-0.1, -0.05) is 43.8 Å². The maximum atomic E-state index is 13.3. The third-order valence-electron chi connectivity index (χ3n) is 4.68. The molecule has 0 aliphatic rings. The molecule has 0 fully saturated rings. The number of ether oxygens (including phenoxy) is 1. The fourth-order valence-electron chi connectivity index (χ4n) is 3.00. The lowest BCUT2D eigenvalue weighted by Crippen LogP contribution is -2.70. The molecular weight excluding hydrogens is 434 g/mol. The lowest BCUT2D eigenvalue weighted by Gasteiger charge is -2.35. The monoisotopic (exact) mass is 465 g/mol. The molecule has 9 nitrogen and oxygen atoms in total. The van der Waals surface area contributed by atoms with Crippen molar-refractivity contribution < 1.29 is 28.7 Å². The average molecular weight is 466 g/mol. The van der Waals surface area contributed by atoms with E-state index in [1.54, 1.807) is 44.2 Å². The van der Waals surface area contributed by atoms with Gasteiger partial charge < -0.3 is 21.1 Å². The second kappa shape index (κ2) is 11.2. The number of rotatable bonds is 10. The Morgan fingerprint density at radius 1 is 1.09 bits per heavy atom. The van der Waals surface area contributed by atoms with Gasteiger partial charge in [0, 0.05) is 12.5 Å². The van der Waals surface area contributed by atoms with Gasteiger partial charge >= 0.3 is 5.97 Å². The van der Waals surface area contributed by atoms with Crippen molar-refractivity contribution >= 4 is 40.4 Å². The molecule has 1 aromatic rings. The van der Waals surface area contributed by atoms with Crippen LogP contribution in [0.3, 0.4) is 0 Å². The zero-order valence-corrected chi connectivity index (χ0v) is 20.0. The molecule has 0 aliphatic heterocycles. The topological polar surface area (TPSA) is 145 Å². The first-order valence-electron chi connectivity index (χ1n) is 10.0. The molecule has 10 heteroatoms. The van der Waals surface area contributed by atoms with Crippen LogP contribution in [0, 0.1) is 5.92 Å². The van der Waals surface area contributed by atoms with E-state index in [4.69, 9.17) is 10.5 Å². The first-order chi connectivity index (χ1) is 14.8. The predicted molar refractivity (Wildman–Crippen MR) is 122 cm³/mol. The fraction of sp³-hybridized carbons (Fsp3) is 0.500. The maximum absolute atomic E-state index is 13.3. The Hall–Kier alpha value is -2.72. The normalized spacial score (nSPS) is 14.1. The number of nitrogens with two attached hydrogens (primary N) is 1. The summed E-state index contributed by atoms with van der Waals surface area (Å²) in [5.41, 5.74) is 2.62. The lowest BCUT2D eigenvalue weighted by molar-refractivity contribution is -0.153. The van der Waals surface area contributed by atoms with Crippen LogP contribution >= 0.6 is 11.8 Å². The summed E-state index contributed by atoms with van der Waals surface area (Å²) in [5, 5.41) is 4.09. The van der Waals surface area contributed by atoms with Crippen LogP contribution in [0.15, 0.2) is 30.3 Å². The minimum Gasteiger partial charge on any atom is -0.467 e. The van der Waals surface area contributed by atoms with E-state index in [9.17, 15) is 24.0 Å². The summed E-state index contributed by atoms with van der Waals surface area (Å²) in [6, 6.07) is 8.20. The van der Waals surface area contributed by atoms with Gasteiger partial charge in [-0.2, -0.15) is 0 Å². The molecule has 0 spiro atoms. The zero-order chi connectivity index (χ0) is 24.7. The highest BCUT2D eigenvalue weighted by Crippen LogP contribution is 2.23. The molecule has 0 saturated carbocycles. The van der Waals surface area contributed by atoms with Gasteiger partial charge in [0.05, 0.1) is 24.4 Å². The first kappa shape index (κ1) is 27.3. The zero-order valence-electron chi connectivity index (χ0n) is 19.2. The van der Waals surface area contributed by atoms with Gasteiger partial charge in [0.25, 0.3) is 5.91 Å². The summed E-state index contributed by atoms with van der Waals surface area (Å²) in [7, 11) is 1.07. The van der Waals surface area contributed by atoms with E-state index in [0.29, 0.717) is 5.56 Å². The Morgan fingerprint density at radius 3 is 2.12 bits per heavy atom. The quantitative estimate of drug-likeness (QED) is 0.344. The van der Waals surface area contributed by atoms with Gasteiger partial charge in [-0.25, -0.2) is 4.79 Å². The van der Waals surface area contributed by atoms with Gasteiger partial charge in [0.1, 0.15) is 0 Å². The van der Waals surface area contributed by atoms with Crippen molar-refractivity contribution in [3.63, 3.8) is 0 Å². The summed E-state index contributed by atoms with van der Waals surface area (Å²) in [5.74, 6) is -3.18. The number of carbonyl (C=O) groups excluding carboxylic acids is 5. The van der Waals surface area contributed by atoms with E-state index in [2.05, 4.69) is 10.6 Å². The predicted octanol–water partition coefficient (Wildman–Crippen LogP) is 1.06. The highest BCUT2D eigenvalue weighted by atomic mass is 32.2. The number of Topliss-reactive ketones (excluding diaryl/α,β-unsaturated/α-hetero) is 1. The summed E-state index contributed by atoms with van der Waals surface area (Å²) in [4.78, 5) is 62.5. The van der Waals surface area contributed by atoms with Gasteiger partial charge in [-0.05, 0) is 31.9 Å². The number of methoxy groups -OCH3 is 1. The Morgan fingerprint density at radius 2 is 1.66 bits per heavy atom. The standard InChI is InChI=1S/C22H31N3O6S/c1-13(2)16(32-14(3)26)18(28)25-21(4,5)19(29)22(23,20(30)31-6)12-24-17(27)15-10-8-7-9-11-15/h7-11,13,16H,12,23H2,1-6H3,(H,24,27)(H,25,28). The molecule has 0 bridgehead atoms. The van der Waals surface area contributed by atoms with Crippen molar-refractivity contribution in [2.45, 2.75) is 50.9 Å². The Kier molecular flexibility index (Phi) is 9.59. The molecule has 2 amide bonds. The Bertz CT molecular complexity index is 872. The van der Waals surface area contributed by atoms with E-state index in [0.717, 1.165) is 18.9 Å². The minimum atomic E-state index is -2.25. The van der Waals surface area contributed by atoms with Crippen LogP contribution in [0.4, 0.5) is 0 Å². The molecule has 176 valence electrons. The average Bonchev–Trinajstić information content (AvgIpc) is 2.74. The number of benzene rings is 1. The van der Waals surface area contributed by atoms with Crippen LogP contribution in [-0.4, -0.2) is 58.7 Å². The van der Waals surface area contributed by atoms with Crippen molar-refractivity contribution in [1.29, 1.82) is 0 Å². The van der Waals surface area contributed by atoms with Gasteiger partial charge in [0.2, 0.25) is 5.91 Å². The van der Waals surface area contributed by atoms with Crippen molar-refractivity contribution in [3.05, 3.63) is 35.9 Å². The fourth-order valence-corrected chi connectivity index (χ4v) is 3.80. The van der Waals surface area contributed by atoms with E-state index in [-0.39, 0.29) is 11.0 Å². The molecule has 0 aliphatic carbocycles. The molecule has 2 unspecified atom stereocenters. The van der Waals surface area contributed by atoms with E-state index in [1.807, 2.05) is 0 Å². The highest BCUT2D eigenvalue weighted by Gasteiger charge is 2.51. The van der Waals surface area contributed by atoms with Gasteiger partial charge in [-0.3, -0.25) is 19.2 Å². The number of hydrogen-bond acceptors (Lipinski definition) is 8. The summed E-state index contributed by atoms with van der Waals surface area (Å²) >= 11 is 0.856. The minimum absolute atomic E-state index is 0.191. The van der Waals surface area contributed by atoms with Crippen LogP contribution in [0.2, 0.25) is 0 Å². The van der Waals surface area contributed by atoms with Crippen molar-refractivity contribution in [3.8, 4) is 0 Å². The second-order valence-corrected chi connectivity index (χ2v) is 9.55. The molecule has 4 N–H and O–H groups in total. The number of ketones is 1. The first-order valence-corrected chi connectivity index (χ1v) is 10.9. The number of carbonyl (C=O) groups is 5. The molecule has 2 atom stereocenters. The third-order valence-corrected chi connectivity index (χ3v) is 6.02. The number of esters is 1. The van der Waals surface area contributed by atoms with Gasteiger partial charge in [0.15, 0.2) is 16.4 Å². The molecule has 0 heterocycles. The SMILES string of the molecule is COC(=O)C(N)(CNC(=O)c1ccccc1)C(=O)C(C)(C)NC(=O)C(SC(C)=O)C(C)C. The van der Waals surface area contributed by atoms with Crippen molar-refractivity contribution in [1.82, 2.24) is 10.6 Å². The summed E-state index contributed by atoms with van der Waals surface area (Å²) < 4.78 is 4.72.